The molecule has 6 aliphatic carbocycles. The van der Waals surface area contributed by atoms with Crippen molar-refractivity contribution in [2.75, 3.05) is 37.0 Å². The normalized spacial score (nSPS) is 29.4. The van der Waals surface area contributed by atoms with Crippen molar-refractivity contribution in [3.63, 3.8) is 0 Å². The van der Waals surface area contributed by atoms with Crippen molar-refractivity contribution in [2.24, 2.45) is 53.3 Å². The summed E-state index contributed by atoms with van der Waals surface area (Å²) in [4.78, 5) is 95.3. The quantitative estimate of drug-likeness (QED) is 0.102. The molecular formula is C56H72ClN13O5. The van der Waals surface area contributed by atoms with Crippen molar-refractivity contribution in [3.8, 4) is 0 Å². The Bertz CT molecular complexity index is 2870. The minimum atomic E-state index is 0.112. The zero-order chi connectivity index (χ0) is 52.2. The predicted molar refractivity (Wildman–Crippen MR) is 288 cm³/mol. The van der Waals surface area contributed by atoms with Crippen molar-refractivity contribution in [1.82, 2.24) is 55.5 Å². The maximum atomic E-state index is 11.7. The molecule has 0 aromatic carbocycles. The van der Waals surface area contributed by atoms with Gasteiger partial charge in [0.25, 0.3) is 0 Å². The lowest BCUT2D eigenvalue weighted by Crippen LogP contribution is -2.38. The van der Waals surface area contributed by atoms with E-state index in [0.29, 0.717) is 83.4 Å². The molecule has 8 heterocycles. The van der Waals surface area contributed by atoms with Crippen LogP contribution in [0.1, 0.15) is 116 Å². The van der Waals surface area contributed by atoms with Gasteiger partial charge in [0.2, 0.25) is 11.8 Å². The van der Waals surface area contributed by atoms with E-state index in [1.54, 1.807) is 18.9 Å². The van der Waals surface area contributed by atoms with Crippen LogP contribution < -0.4 is 20.4 Å². The molecule has 5 N–H and O–H groups in total. The fourth-order valence-corrected chi connectivity index (χ4v) is 14.1. The Kier molecular flexibility index (Phi) is 16.2. The SMILES string of the molecule is CCC1C[C@H]2CC(=O)NC[C@H]2C1.CN(c1ncnc2[nH]ccc12)[C@@H]1C[C@H]2CCC(=O)C[C@H]2C1.CN(c1ncnc2[nH]ccc12)[C@H]1C[C@H]2CCC(=O)C[C@H]2C1.Clc1ncnc2[nH]ccc12.O=C1C[C@@H]2CNC(=O)C[C@@H]2C1. The zero-order valence-electron chi connectivity index (χ0n) is 43.5. The number of carbonyl (C=O) groups excluding carboxylic acids is 5. The molecule has 6 aromatic heterocycles. The first kappa shape index (κ1) is 52.2. The Morgan fingerprint density at radius 3 is 1.45 bits per heavy atom. The Hall–Kier alpha value is -6.30. The van der Waals surface area contributed by atoms with Gasteiger partial charge >= 0.3 is 0 Å². The molecule has 2 aliphatic heterocycles. The first-order valence-corrected chi connectivity index (χ1v) is 27.8. The maximum absolute atomic E-state index is 11.7. The molecule has 75 heavy (non-hydrogen) atoms. The predicted octanol–water partition coefficient (Wildman–Crippen LogP) is 8.36. The highest BCUT2D eigenvalue weighted by Crippen LogP contribution is 2.46. The number of H-pyrrole nitrogens is 3. The van der Waals surface area contributed by atoms with Crippen LogP contribution in [0, 0.1) is 53.3 Å². The fraction of sp³-hybridized carbons (Fsp3) is 0.589. The zero-order valence-corrected chi connectivity index (χ0v) is 44.2. The van der Waals surface area contributed by atoms with Crippen LogP contribution >= 0.6 is 11.6 Å². The number of halogens is 1. The van der Waals surface area contributed by atoms with Crippen LogP contribution in [-0.2, 0) is 24.0 Å². The Morgan fingerprint density at radius 2 is 0.920 bits per heavy atom. The molecule has 6 aromatic rings. The van der Waals surface area contributed by atoms with E-state index in [9.17, 15) is 24.0 Å². The lowest BCUT2D eigenvalue weighted by Gasteiger charge is -2.26. The van der Waals surface area contributed by atoms with E-state index in [1.807, 2.05) is 30.6 Å². The van der Waals surface area contributed by atoms with E-state index in [4.69, 9.17) is 11.6 Å². The van der Waals surface area contributed by atoms with Crippen molar-refractivity contribution in [3.05, 3.63) is 60.9 Å². The van der Waals surface area contributed by atoms with E-state index in [0.717, 1.165) is 139 Å². The standard InChI is InChI=1S/2C16H20N4O.C10H17NO.C8H11NO2.C6H4ClN3/c2*1-20(16-14-4-5-17-15(14)18-9-19-16)12-6-10-2-3-13(21)8-11(10)7-12;1-2-7-3-8-5-10(12)11-6-9(8)4-7;10-7-1-5-3-8(11)9-4-6(5)2-7;7-5-4-1-2-8-6(4)10-3-9-5/h2*4-5,9-12H,2-3,6-8H2,1H3,(H,17,18,19);7-9H,2-6H2,1H3,(H,11,12);5-6H,1-4H2,(H,9,11);1-3H,(H,8,9,10)/t10-,11-,12+;10-,11-,12-;7?,8-,9+;5-,6+;/m1100./s1. The summed E-state index contributed by atoms with van der Waals surface area (Å²) in [7, 11) is 4.25. The van der Waals surface area contributed by atoms with Crippen molar-refractivity contribution in [2.45, 2.75) is 128 Å². The van der Waals surface area contributed by atoms with Crippen molar-refractivity contribution in [1.29, 1.82) is 0 Å². The molecule has 2 amide bonds. The highest BCUT2D eigenvalue weighted by molar-refractivity contribution is 6.33. The van der Waals surface area contributed by atoms with Gasteiger partial charge < -0.3 is 35.4 Å². The molecule has 18 nitrogen and oxygen atoms in total. The minimum Gasteiger partial charge on any atom is -0.356 e. The number of hydrogen-bond donors (Lipinski definition) is 5. The molecule has 0 spiro atoms. The van der Waals surface area contributed by atoms with Gasteiger partial charge in [-0.1, -0.05) is 24.9 Å². The molecule has 2 saturated heterocycles. The van der Waals surface area contributed by atoms with Gasteiger partial charge in [0, 0.05) is 109 Å². The second-order valence-corrected chi connectivity index (χ2v) is 23.0. The molecule has 11 atom stereocenters. The third kappa shape index (κ3) is 12.1. The molecule has 8 fully saturated rings. The van der Waals surface area contributed by atoms with E-state index in [-0.39, 0.29) is 11.8 Å². The fourth-order valence-electron chi connectivity index (χ4n) is 13.9. The Labute approximate surface area is 442 Å². The van der Waals surface area contributed by atoms with E-state index >= 15 is 0 Å². The number of fused-ring (bicyclic) bond motifs is 7. The van der Waals surface area contributed by atoms with Crippen LogP contribution in [0.25, 0.3) is 33.1 Å². The average molecular weight is 1040 g/mol. The first-order chi connectivity index (χ1) is 36.4. The molecule has 14 rings (SSSR count). The van der Waals surface area contributed by atoms with Gasteiger partial charge in [-0.2, -0.15) is 0 Å². The summed E-state index contributed by atoms with van der Waals surface area (Å²) < 4.78 is 0. The van der Waals surface area contributed by atoms with Crippen LogP contribution in [0.5, 0.6) is 0 Å². The number of anilines is 2. The minimum absolute atomic E-state index is 0.112. The number of carbonyl (C=O) groups is 5. The van der Waals surface area contributed by atoms with E-state index in [2.05, 4.69) is 86.3 Å². The number of Topliss-reactive ketones (excluding diaryl/α,β-unsaturated/α-hetero) is 3. The Balaban J connectivity index is 0.000000111. The number of ketones is 3. The lowest BCUT2D eigenvalue weighted by atomic mass is 9.81. The smallest absolute Gasteiger partial charge is 0.220 e. The molecule has 0 radical (unpaired) electrons. The van der Waals surface area contributed by atoms with Crippen molar-refractivity contribution < 1.29 is 24.0 Å². The summed E-state index contributed by atoms with van der Waals surface area (Å²) in [6.07, 6.45) is 26.8. The second kappa shape index (κ2) is 23.3. The highest BCUT2D eigenvalue weighted by Gasteiger charge is 2.42. The first-order valence-electron chi connectivity index (χ1n) is 27.4. The number of nitrogens with one attached hydrogen (secondary N) is 5. The van der Waals surface area contributed by atoms with Crippen LogP contribution in [0.15, 0.2) is 55.8 Å². The van der Waals surface area contributed by atoms with Gasteiger partial charge in [0.1, 0.15) is 70.1 Å². The van der Waals surface area contributed by atoms with Crippen molar-refractivity contribution >= 4 is 85.5 Å². The molecular weight excluding hydrogens is 970 g/mol. The topological polar surface area (TPSA) is 241 Å². The monoisotopic (exact) mass is 1040 g/mol. The number of rotatable bonds is 5. The third-order valence-corrected chi connectivity index (χ3v) is 18.4. The molecule has 1 unspecified atom stereocenters. The van der Waals surface area contributed by atoms with Crippen LogP contribution in [0.4, 0.5) is 11.6 Å². The molecule has 8 aliphatic rings. The number of aromatic nitrogens is 9. The summed E-state index contributed by atoms with van der Waals surface area (Å²) in [6.45, 7) is 3.92. The van der Waals surface area contributed by atoms with Gasteiger partial charge in [0.15, 0.2) is 0 Å². The second-order valence-electron chi connectivity index (χ2n) is 22.6. The van der Waals surface area contributed by atoms with Gasteiger partial charge in [-0.15, -0.1) is 0 Å². The van der Waals surface area contributed by atoms with Crippen LogP contribution in [0.2, 0.25) is 5.15 Å². The number of amides is 2. The Morgan fingerprint density at radius 1 is 0.493 bits per heavy atom. The molecule has 19 heteroatoms. The third-order valence-electron chi connectivity index (χ3n) is 18.1. The summed E-state index contributed by atoms with van der Waals surface area (Å²) in [5.41, 5.74) is 2.55. The molecule has 6 saturated carbocycles. The summed E-state index contributed by atoms with van der Waals surface area (Å²) >= 11 is 5.73. The number of piperidine rings is 2. The summed E-state index contributed by atoms with van der Waals surface area (Å²) in [6, 6.07) is 6.88. The largest absolute Gasteiger partial charge is 0.356 e. The van der Waals surface area contributed by atoms with Gasteiger partial charge in [-0.3, -0.25) is 24.0 Å². The van der Waals surface area contributed by atoms with Crippen LogP contribution in [-0.4, -0.2) is 113 Å². The number of hydrogen-bond acceptors (Lipinski definition) is 13. The van der Waals surface area contributed by atoms with E-state index in [1.165, 1.54) is 38.4 Å². The average Bonchev–Trinajstić information content (AvgIpc) is 4.28. The number of nitrogens with zero attached hydrogens (tertiary/aromatic N) is 8. The summed E-state index contributed by atoms with van der Waals surface area (Å²) in [5, 5.41) is 9.25. The van der Waals surface area contributed by atoms with Gasteiger partial charge in [-0.25, -0.2) is 29.9 Å². The lowest BCUT2D eigenvalue weighted by molar-refractivity contribution is -0.125. The van der Waals surface area contributed by atoms with Gasteiger partial charge in [-0.05, 0) is 123 Å². The van der Waals surface area contributed by atoms with E-state index < -0.39 is 0 Å². The number of aromatic amines is 3. The maximum Gasteiger partial charge on any atom is 0.220 e. The van der Waals surface area contributed by atoms with Crippen LogP contribution in [0.3, 0.4) is 0 Å². The highest BCUT2D eigenvalue weighted by atomic mass is 35.5. The molecule has 398 valence electrons. The van der Waals surface area contributed by atoms with Gasteiger partial charge in [0.05, 0.1) is 16.2 Å². The molecule has 0 bridgehead atoms. The summed E-state index contributed by atoms with van der Waals surface area (Å²) in [5.74, 6) is 9.43.